The molecule has 0 bridgehead atoms. The van der Waals surface area contributed by atoms with Crippen LogP contribution in [0.15, 0.2) is 6.07 Å². The number of aryl methyl sites for hydroxylation is 2. The summed E-state index contributed by atoms with van der Waals surface area (Å²) in [5.74, 6) is 1.52. The van der Waals surface area contributed by atoms with Crippen molar-refractivity contribution >= 4 is 5.82 Å². The molecule has 1 atom stereocenters. The van der Waals surface area contributed by atoms with Crippen LogP contribution in [0.2, 0.25) is 0 Å². The second kappa shape index (κ2) is 4.46. The van der Waals surface area contributed by atoms with Crippen LogP contribution in [0.5, 0.6) is 0 Å². The zero-order valence-corrected chi connectivity index (χ0v) is 9.41. The van der Waals surface area contributed by atoms with E-state index in [1.807, 2.05) is 24.7 Å². The zero-order chi connectivity index (χ0) is 10.7. The number of nitrogens with two attached hydrogens (primary N) is 1. The first-order valence-electron chi connectivity index (χ1n) is 5.00. The van der Waals surface area contributed by atoms with E-state index in [2.05, 4.69) is 24.3 Å². The van der Waals surface area contributed by atoms with Gasteiger partial charge in [0.2, 0.25) is 0 Å². The number of hydrogen-bond acceptors (Lipinski definition) is 3. The molecule has 1 heterocycles. The summed E-state index contributed by atoms with van der Waals surface area (Å²) >= 11 is 0. The van der Waals surface area contributed by atoms with Crippen LogP contribution in [0.1, 0.15) is 19.5 Å². The third-order valence-electron chi connectivity index (χ3n) is 2.38. The molecule has 0 amide bonds. The molecule has 4 nitrogen and oxygen atoms in total. The highest BCUT2D eigenvalue weighted by atomic mass is 15.3. The van der Waals surface area contributed by atoms with Crippen molar-refractivity contribution in [1.82, 2.24) is 9.78 Å². The largest absolute Gasteiger partial charge is 0.369 e. The fourth-order valence-corrected chi connectivity index (χ4v) is 1.23. The van der Waals surface area contributed by atoms with Gasteiger partial charge in [-0.3, -0.25) is 4.68 Å². The van der Waals surface area contributed by atoms with Crippen LogP contribution in [-0.4, -0.2) is 22.4 Å². The number of hydrogen-bond donors (Lipinski definition) is 2. The lowest BCUT2D eigenvalue weighted by molar-refractivity contribution is 0.510. The van der Waals surface area contributed by atoms with E-state index in [9.17, 15) is 0 Å². The SMILES string of the molecule is Cc1cc(NCC(N)C(C)C)n(C)n1. The van der Waals surface area contributed by atoms with Gasteiger partial charge in [-0.2, -0.15) is 5.10 Å². The first kappa shape index (κ1) is 11.0. The lowest BCUT2D eigenvalue weighted by Crippen LogP contribution is -2.34. The summed E-state index contributed by atoms with van der Waals surface area (Å²) in [6.07, 6.45) is 0. The zero-order valence-electron chi connectivity index (χ0n) is 9.41. The molecule has 0 saturated heterocycles. The molecular weight excluding hydrogens is 176 g/mol. The predicted molar refractivity (Wildman–Crippen MR) is 59.2 cm³/mol. The Labute approximate surface area is 85.5 Å². The summed E-state index contributed by atoms with van der Waals surface area (Å²) < 4.78 is 1.84. The van der Waals surface area contributed by atoms with Crippen molar-refractivity contribution in [2.45, 2.75) is 26.8 Å². The molecule has 0 spiro atoms. The normalized spacial score (nSPS) is 13.3. The molecule has 1 aromatic rings. The van der Waals surface area contributed by atoms with E-state index in [0.29, 0.717) is 5.92 Å². The topological polar surface area (TPSA) is 55.9 Å². The first-order chi connectivity index (χ1) is 6.50. The highest BCUT2D eigenvalue weighted by Crippen LogP contribution is 2.08. The maximum atomic E-state index is 5.93. The Morgan fingerprint density at radius 2 is 2.21 bits per heavy atom. The van der Waals surface area contributed by atoms with E-state index in [0.717, 1.165) is 18.1 Å². The molecule has 0 aliphatic heterocycles. The molecule has 1 unspecified atom stereocenters. The molecule has 1 rings (SSSR count). The van der Waals surface area contributed by atoms with E-state index < -0.39 is 0 Å². The minimum absolute atomic E-state index is 0.185. The van der Waals surface area contributed by atoms with Gasteiger partial charge < -0.3 is 11.1 Å². The molecule has 3 N–H and O–H groups in total. The number of anilines is 1. The van der Waals surface area contributed by atoms with Gasteiger partial charge in [-0.25, -0.2) is 0 Å². The van der Waals surface area contributed by atoms with Gasteiger partial charge in [0.25, 0.3) is 0 Å². The maximum absolute atomic E-state index is 5.93. The highest BCUT2D eigenvalue weighted by molar-refractivity contribution is 5.36. The van der Waals surface area contributed by atoms with Crippen LogP contribution < -0.4 is 11.1 Å². The fourth-order valence-electron chi connectivity index (χ4n) is 1.23. The van der Waals surface area contributed by atoms with Crippen LogP contribution in [0, 0.1) is 12.8 Å². The Hall–Kier alpha value is -1.03. The van der Waals surface area contributed by atoms with Crippen LogP contribution in [0.3, 0.4) is 0 Å². The highest BCUT2D eigenvalue weighted by Gasteiger charge is 2.08. The molecule has 80 valence electrons. The lowest BCUT2D eigenvalue weighted by Gasteiger charge is -2.16. The van der Waals surface area contributed by atoms with Gasteiger partial charge in [0.1, 0.15) is 5.82 Å². The molecule has 0 fully saturated rings. The van der Waals surface area contributed by atoms with Crippen molar-refractivity contribution in [3.8, 4) is 0 Å². The van der Waals surface area contributed by atoms with E-state index in [-0.39, 0.29) is 6.04 Å². The van der Waals surface area contributed by atoms with Gasteiger partial charge in [-0.05, 0) is 12.8 Å². The Morgan fingerprint density at radius 3 is 2.64 bits per heavy atom. The summed E-state index contributed by atoms with van der Waals surface area (Å²) in [6, 6.07) is 2.21. The lowest BCUT2D eigenvalue weighted by atomic mass is 10.1. The number of nitrogens with one attached hydrogen (secondary N) is 1. The minimum atomic E-state index is 0.185. The standard InChI is InChI=1S/C10H20N4/c1-7(2)9(11)6-12-10-5-8(3)13-14(10)4/h5,7,9,12H,6,11H2,1-4H3. The van der Waals surface area contributed by atoms with Gasteiger partial charge >= 0.3 is 0 Å². The second-order valence-electron chi connectivity index (χ2n) is 4.08. The van der Waals surface area contributed by atoms with Gasteiger partial charge in [-0.1, -0.05) is 13.8 Å². The molecule has 14 heavy (non-hydrogen) atoms. The molecule has 1 aromatic heterocycles. The van der Waals surface area contributed by atoms with Gasteiger partial charge in [0.15, 0.2) is 0 Å². The van der Waals surface area contributed by atoms with Crippen molar-refractivity contribution < 1.29 is 0 Å². The minimum Gasteiger partial charge on any atom is -0.369 e. The summed E-state index contributed by atoms with van der Waals surface area (Å²) in [7, 11) is 1.93. The van der Waals surface area contributed by atoms with Crippen molar-refractivity contribution in [2.24, 2.45) is 18.7 Å². The van der Waals surface area contributed by atoms with Gasteiger partial charge in [-0.15, -0.1) is 0 Å². The van der Waals surface area contributed by atoms with Crippen molar-refractivity contribution in [3.63, 3.8) is 0 Å². The van der Waals surface area contributed by atoms with Crippen molar-refractivity contribution in [2.75, 3.05) is 11.9 Å². The van der Waals surface area contributed by atoms with E-state index >= 15 is 0 Å². The predicted octanol–water partition coefficient (Wildman–Crippen LogP) is 1.12. The van der Waals surface area contributed by atoms with Crippen LogP contribution in [-0.2, 0) is 7.05 Å². The van der Waals surface area contributed by atoms with Crippen molar-refractivity contribution in [1.29, 1.82) is 0 Å². The monoisotopic (exact) mass is 196 g/mol. The maximum Gasteiger partial charge on any atom is 0.124 e. The van der Waals surface area contributed by atoms with E-state index in [1.165, 1.54) is 0 Å². The molecule has 4 heteroatoms. The average molecular weight is 196 g/mol. The van der Waals surface area contributed by atoms with Crippen molar-refractivity contribution in [3.05, 3.63) is 11.8 Å². The van der Waals surface area contributed by atoms with Crippen LogP contribution >= 0.6 is 0 Å². The van der Waals surface area contributed by atoms with Crippen LogP contribution in [0.4, 0.5) is 5.82 Å². The summed E-state index contributed by atoms with van der Waals surface area (Å²) in [6.45, 7) is 7.02. The van der Waals surface area contributed by atoms with Crippen LogP contribution in [0.25, 0.3) is 0 Å². The number of nitrogens with zero attached hydrogens (tertiary/aromatic N) is 2. The summed E-state index contributed by atoms with van der Waals surface area (Å²) in [4.78, 5) is 0. The Morgan fingerprint density at radius 1 is 1.57 bits per heavy atom. The molecule has 0 aromatic carbocycles. The molecule has 0 aliphatic rings. The van der Waals surface area contributed by atoms with E-state index in [4.69, 9.17) is 5.73 Å². The first-order valence-corrected chi connectivity index (χ1v) is 5.00. The fraction of sp³-hybridized carbons (Fsp3) is 0.700. The Kier molecular flexibility index (Phi) is 3.52. The average Bonchev–Trinajstić information content (AvgIpc) is 2.40. The Balaban J connectivity index is 2.49. The van der Waals surface area contributed by atoms with E-state index in [1.54, 1.807) is 0 Å². The molecule has 0 radical (unpaired) electrons. The summed E-state index contributed by atoms with van der Waals surface area (Å²) in [5.41, 5.74) is 6.95. The molecule has 0 aliphatic carbocycles. The number of aromatic nitrogens is 2. The third kappa shape index (κ3) is 2.73. The summed E-state index contributed by atoms with van der Waals surface area (Å²) in [5, 5.41) is 7.54. The van der Waals surface area contributed by atoms with Gasteiger partial charge in [0, 0.05) is 25.7 Å². The second-order valence-corrected chi connectivity index (χ2v) is 4.08. The quantitative estimate of drug-likeness (QED) is 0.759. The molecule has 0 saturated carbocycles. The smallest absolute Gasteiger partial charge is 0.124 e. The van der Waals surface area contributed by atoms with Gasteiger partial charge in [0.05, 0.1) is 5.69 Å². The third-order valence-corrected chi connectivity index (χ3v) is 2.38. The molecular formula is C10H20N4. The Bertz CT molecular complexity index is 290. The number of rotatable bonds is 4.